The Morgan fingerprint density at radius 3 is 2.27 bits per heavy atom. The van der Waals surface area contributed by atoms with Crippen LogP contribution >= 0.6 is 0 Å². The summed E-state index contributed by atoms with van der Waals surface area (Å²) in [5, 5.41) is 10.6. The minimum atomic E-state index is -0.520. The molecule has 2 aromatic heterocycles. The summed E-state index contributed by atoms with van der Waals surface area (Å²) in [4.78, 5) is 14.0. The lowest BCUT2D eigenvalue weighted by atomic mass is 9.86. The fraction of sp³-hybridized carbons (Fsp3) is 0.156. The molecule has 1 aliphatic rings. The maximum Gasteiger partial charge on any atom is 0.0950 e. The van der Waals surface area contributed by atoms with Gasteiger partial charge in [0.1, 0.15) is 0 Å². The average molecular weight is 482 g/mol. The predicted octanol–water partition coefficient (Wildman–Crippen LogP) is 7.31. The molecule has 0 unspecified atom stereocenters. The van der Waals surface area contributed by atoms with E-state index in [1.807, 2.05) is 44.4 Å². The average Bonchev–Trinajstić information content (AvgIpc) is 3.30. The Kier molecular flexibility index (Phi) is 5.39. The van der Waals surface area contributed by atoms with Crippen LogP contribution in [0.3, 0.4) is 0 Å². The maximum atomic E-state index is 9.53. The minimum Gasteiger partial charge on any atom is -0.354 e. The van der Waals surface area contributed by atoms with E-state index in [4.69, 9.17) is 9.97 Å². The zero-order valence-electron chi connectivity index (χ0n) is 21.2. The summed E-state index contributed by atoms with van der Waals surface area (Å²) < 4.78 is 0. The van der Waals surface area contributed by atoms with E-state index >= 15 is 0 Å². The zero-order valence-corrected chi connectivity index (χ0v) is 21.2. The van der Waals surface area contributed by atoms with Gasteiger partial charge in [0.15, 0.2) is 0 Å². The van der Waals surface area contributed by atoms with Crippen LogP contribution in [0.5, 0.6) is 0 Å². The summed E-state index contributed by atoms with van der Waals surface area (Å²) in [5.74, 6) is 0. The van der Waals surface area contributed by atoms with Gasteiger partial charge in [0.05, 0.1) is 46.9 Å². The van der Waals surface area contributed by atoms with Crippen LogP contribution in [-0.4, -0.2) is 23.7 Å². The van der Waals surface area contributed by atoms with Crippen LogP contribution in [-0.2, 0) is 5.41 Å². The number of hydrogen-bond acceptors (Lipinski definition) is 5. The fourth-order valence-corrected chi connectivity index (χ4v) is 4.95. The third kappa shape index (κ3) is 3.97. The Bertz CT molecular complexity index is 1630. The lowest BCUT2D eigenvalue weighted by Crippen LogP contribution is -2.24. The van der Waals surface area contributed by atoms with Crippen LogP contribution < -0.4 is 9.80 Å². The molecule has 37 heavy (non-hydrogen) atoms. The number of nitriles is 1. The van der Waals surface area contributed by atoms with E-state index in [2.05, 4.69) is 89.6 Å². The van der Waals surface area contributed by atoms with Gasteiger partial charge in [-0.05, 0) is 55.3 Å². The SMILES string of the molecule is CN1CN(c2ccc(C(C)(C)C#N)cc2)c2c1cnc1ccc(-c3ccc(-c4ccccc4)nc3)cc21. The Hall–Kier alpha value is -4.69. The number of anilines is 3. The zero-order chi connectivity index (χ0) is 25.6. The van der Waals surface area contributed by atoms with Crippen molar-refractivity contribution < 1.29 is 0 Å². The standard InChI is InChI=1S/C32H27N5/c1-32(2,20-33)25-11-13-26(14-12-25)37-21-36(3)30-19-35-29-16-9-23(17-27(29)31(30)37)24-10-15-28(34-18-24)22-7-5-4-6-8-22/h4-19H,21H2,1-3H3. The number of pyridine rings is 2. The largest absolute Gasteiger partial charge is 0.354 e. The molecule has 0 N–H and O–H groups in total. The third-order valence-electron chi connectivity index (χ3n) is 7.20. The maximum absolute atomic E-state index is 9.53. The molecule has 180 valence electrons. The summed E-state index contributed by atoms with van der Waals surface area (Å²) in [5.41, 5.74) is 9.04. The quantitative estimate of drug-likeness (QED) is 0.269. The molecule has 0 aliphatic carbocycles. The second kappa shape index (κ2) is 8.76. The van der Waals surface area contributed by atoms with E-state index < -0.39 is 5.41 Å². The van der Waals surface area contributed by atoms with E-state index in [1.54, 1.807) is 0 Å². The highest BCUT2D eigenvalue weighted by Gasteiger charge is 2.28. The van der Waals surface area contributed by atoms with Gasteiger partial charge in [-0.25, -0.2) is 0 Å². The molecule has 0 spiro atoms. The molecule has 0 fully saturated rings. The predicted molar refractivity (Wildman–Crippen MR) is 151 cm³/mol. The van der Waals surface area contributed by atoms with E-state index in [1.165, 1.54) is 0 Å². The third-order valence-corrected chi connectivity index (χ3v) is 7.20. The van der Waals surface area contributed by atoms with E-state index in [0.717, 1.165) is 62.6 Å². The van der Waals surface area contributed by atoms with E-state index in [-0.39, 0.29) is 0 Å². The van der Waals surface area contributed by atoms with E-state index in [0.29, 0.717) is 0 Å². The second-order valence-corrected chi connectivity index (χ2v) is 10.1. The minimum absolute atomic E-state index is 0.520. The molecule has 0 saturated carbocycles. The molecule has 0 amide bonds. The Labute approximate surface area is 217 Å². The van der Waals surface area contributed by atoms with Crippen LogP contribution in [0.2, 0.25) is 0 Å². The summed E-state index contributed by atoms with van der Waals surface area (Å²) in [7, 11) is 2.09. The van der Waals surface area contributed by atoms with Crippen molar-refractivity contribution in [1.82, 2.24) is 9.97 Å². The lowest BCUT2D eigenvalue weighted by Gasteiger charge is -2.22. The van der Waals surface area contributed by atoms with Gasteiger partial charge in [0, 0.05) is 35.4 Å². The Balaban J connectivity index is 1.41. The van der Waals surface area contributed by atoms with Crippen LogP contribution in [0.15, 0.2) is 97.3 Å². The fourth-order valence-electron chi connectivity index (χ4n) is 4.95. The van der Waals surface area contributed by atoms with Crippen LogP contribution in [0.25, 0.3) is 33.3 Å². The highest BCUT2D eigenvalue weighted by atomic mass is 15.4. The molecular formula is C32H27N5. The molecule has 0 bridgehead atoms. The van der Waals surface area contributed by atoms with Crippen molar-refractivity contribution in [3.63, 3.8) is 0 Å². The molecule has 0 atom stereocenters. The van der Waals surface area contributed by atoms with Crippen molar-refractivity contribution >= 4 is 28.0 Å². The monoisotopic (exact) mass is 481 g/mol. The van der Waals surface area contributed by atoms with Gasteiger partial charge in [-0.1, -0.05) is 54.6 Å². The number of rotatable bonds is 4. The first-order valence-electron chi connectivity index (χ1n) is 12.4. The molecule has 0 radical (unpaired) electrons. The van der Waals surface area contributed by atoms with Crippen LogP contribution in [0.1, 0.15) is 19.4 Å². The Morgan fingerprint density at radius 2 is 1.57 bits per heavy atom. The molecule has 3 aromatic carbocycles. The van der Waals surface area contributed by atoms with Crippen molar-refractivity contribution in [2.45, 2.75) is 19.3 Å². The number of hydrogen-bond donors (Lipinski definition) is 0. The first-order valence-corrected chi connectivity index (χ1v) is 12.4. The van der Waals surface area contributed by atoms with Gasteiger partial charge in [0.2, 0.25) is 0 Å². The molecule has 1 aliphatic heterocycles. The molecule has 5 nitrogen and oxygen atoms in total. The van der Waals surface area contributed by atoms with Crippen molar-refractivity contribution in [2.75, 3.05) is 23.5 Å². The summed E-state index contributed by atoms with van der Waals surface area (Å²) in [6.45, 7) is 4.63. The van der Waals surface area contributed by atoms with Gasteiger partial charge in [-0.2, -0.15) is 5.26 Å². The molecular weight excluding hydrogens is 454 g/mol. The van der Waals surface area contributed by atoms with Crippen LogP contribution in [0, 0.1) is 11.3 Å². The van der Waals surface area contributed by atoms with Crippen molar-refractivity contribution in [1.29, 1.82) is 5.26 Å². The molecule has 3 heterocycles. The first-order chi connectivity index (χ1) is 17.9. The van der Waals surface area contributed by atoms with E-state index in [9.17, 15) is 5.26 Å². The Morgan fingerprint density at radius 1 is 0.811 bits per heavy atom. The highest BCUT2D eigenvalue weighted by Crippen LogP contribution is 2.45. The molecule has 5 heteroatoms. The highest BCUT2D eigenvalue weighted by molar-refractivity contribution is 6.04. The second-order valence-electron chi connectivity index (χ2n) is 10.1. The van der Waals surface area contributed by atoms with Gasteiger partial charge >= 0.3 is 0 Å². The van der Waals surface area contributed by atoms with Crippen LogP contribution in [0.4, 0.5) is 17.1 Å². The van der Waals surface area contributed by atoms with Gasteiger partial charge in [-0.3, -0.25) is 9.97 Å². The van der Waals surface area contributed by atoms with Crippen molar-refractivity contribution in [2.24, 2.45) is 0 Å². The smallest absolute Gasteiger partial charge is 0.0950 e. The number of nitrogens with zero attached hydrogens (tertiary/aromatic N) is 5. The normalized spacial score (nSPS) is 13.0. The summed E-state index contributed by atoms with van der Waals surface area (Å²) >= 11 is 0. The van der Waals surface area contributed by atoms with Gasteiger partial charge < -0.3 is 9.80 Å². The molecule has 0 saturated heterocycles. The molecule has 6 rings (SSSR count). The number of aromatic nitrogens is 2. The summed E-state index contributed by atoms with van der Waals surface area (Å²) in [6.07, 6.45) is 3.90. The number of benzene rings is 3. The first kappa shape index (κ1) is 22.8. The van der Waals surface area contributed by atoms with Crippen molar-refractivity contribution in [3.05, 3.63) is 103 Å². The van der Waals surface area contributed by atoms with Gasteiger partial charge in [0.25, 0.3) is 0 Å². The topological polar surface area (TPSA) is 56.0 Å². The van der Waals surface area contributed by atoms with Crippen molar-refractivity contribution in [3.8, 4) is 28.5 Å². The lowest BCUT2D eigenvalue weighted by molar-refractivity contribution is 0.687. The summed E-state index contributed by atoms with van der Waals surface area (Å²) in [6, 6.07) is 31.6. The number of fused-ring (bicyclic) bond motifs is 3. The molecule has 5 aromatic rings. The van der Waals surface area contributed by atoms with Gasteiger partial charge in [-0.15, -0.1) is 0 Å².